The highest BCUT2D eigenvalue weighted by atomic mass is 79.9. The molecule has 1 fully saturated rings. The number of amides is 1. The van der Waals surface area contributed by atoms with Crippen molar-refractivity contribution in [3.05, 3.63) is 30.1 Å². The van der Waals surface area contributed by atoms with E-state index in [-0.39, 0.29) is 10.7 Å². The summed E-state index contributed by atoms with van der Waals surface area (Å²) in [6.07, 6.45) is 4.41. The molecular weight excluding hydrogens is 244 g/mol. The van der Waals surface area contributed by atoms with Gasteiger partial charge in [0.15, 0.2) is 0 Å². The lowest BCUT2D eigenvalue weighted by Crippen LogP contribution is -2.26. The van der Waals surface area contributed by atoms with Crippen LogP contribution in [0, 0.1) is 0 Å². The molecule has 1 saturated heterocycles. The number of carbonyl (C=O) groups is 1. The lowest BCUT2D eigenvalue weighted by atomic mass is 10.2. The summed E-state index contributed by atoms with van der Waals surface area (Å²) in [7, 11) is 0. The number of halogens is 1. The lowest BCUT2D eigenvalue weighted by Gasteiger charge is -2.15. The van der Waals surface area contributed by atoms with Gasteiger partial charge in [0.2, 0.25) is 5.91 Å². The summed E-state index contributed by atoms with van der Waals surface area (Å²) in [4.78, 5) is 17.4. The fraction of sp³-hybridized carbons (Fsp3) is 0.400. The van der Waals surface area contributed by atoms with Crippen LogP contribution in [0.15, 0.2) is 24.5 Å². The van der Waals surface area contributed by atoms with Gasteiger partial charge in [0.1, 0.15) is 0 Å². The molecule has 4 heteroatoms. The fourth-order valence-electron chi connectivity index (χ4n) is 1.57. The van der Waals surface area contributed by atoms with Crippen molar-refractivity contribution in [3.63, 3.8) is 0 Å². The first kappa shape index (κ1) is 9.65. The molecule has 0 radical (unpaired) electrons. The van der Waals surface area contributed by atoms with E-state index in [1.54, 1.807) is 12.4 Å². The number of likely N-dealkylation sites (tertiary alicyclic amines) is 1. The highest BCUT2D eigenvalue weighted by Gasteiger charge is 2.28. The van der Waals surface area contributed by atoms with Crippen molar-refractivity contribution < 1.29 is 4.79 Å². The number of nitrogens with zero attached hydrogens (tertiary/aromatic N) is 2. The largest absolute Gasteiger partial charge is 0.337 e. The van der Waals surface area contributed by atoms with Crippen molar-refractivity contribution in [3.8, 4) is 0 Å². The number of carbonyl (C=O) groups excluding carboxylic acids is 1. The minimum absolute atomic E-state index is 0.0179. The SMILES string of the molecule is O=C1C(Br)CCN1Cc1ccncc1. The van der Waals surface area contributed by atoms with E-state index in [2.05, 4.69) is 20.9 Å². The van der Waals surface area contributed by atoms with Gasteiger partial charge in [-0.1, -0.05) is 15.9 Å². The maximum absolute atomic E-state index is 11.6. The van der Waals surface area contributed by atoms with E-state index >= 15 is 0 Å². The maximum Gasteiger partial charge on any atom is 0.236 e. The molecule has 1 aliphatic rings. The number of aromatic nitrogens is 1. The normalized spacial score (nSPS) is 21.6. The Morgan fingerprint density at radius 1 is 1.50 bits per heavy atom. The van der Waals surface area contributed by atoms with Crippen molar-refractivity contribution in [2.75, 3.05) is 6.54 Å². The summed E-state index contributed by atoms with van der Waals surface area (Å²) < 4.78 is 0. The Morgan fingerprint density at radius 2 is 2.21 bits per heavy atom. The minimum Gasteiger partial charge on any atom is -0.337 e. The summed E-state index contributed by atoms with van der Waals surface area (Å²) >= 11 is 3.35. The number of rotatable bonds is 2. The van der Waals surface area contributed by atoms with Crippen molar-refractivity contribution in [2.24, 2.45) is 0 Å². The molecular formula is C10H11BrN2O. The molecule has 14 heavy (non-hydrogen) atoms. The van der Waals surface area contributed by atoms with E-state index < -0.39 is 0 Å². The summed E-state index contributed by atoms with van der Waals surface area (Å²) in [5.41, 5.74) is 1.13. The lowest BCUT2D eigenvalue weighted by molar-refractivity contribution is -0.127. The molecule has 2 rings (SSSR count). The molecule has 0 N–H and O–H groups in total. The van der Waals surface area contributed by atoms with Gasteiger partial charge in [0, 0.05) is 25.5 Å². The van der Waals surface area contributed by atoms with Crippen LogP contribution < -0.4 is 0 Å². The molecule has 1 aliphatic heterocycles. The van der Waals surface area contributed by atoms with Crippen LogP contribution in [0.1, 0.15) is 12.0 Å². The molecule has 1 atom stereocenters. The van der Waals surface area contributed by atoms with Crippen LogP contribution in [0.5, 0.6) is 0 Å². The van der Waals surface area contributed by atoms with Gasteiger partial charge >= 0.3 is 0 Å². The first-order valence-electron chi connectivity index (χ1n) is 4.59. The minimum atomic E-state index is 0.0179. The average Bonchev–Trinajstić information content (AvgIpc) is 2.52. The van der Waals surface area contributed by atoms with Gasteiger partial charge < -0.3 is 4.90 Å². The maximum atomic E-state index is 11.6. The van der Waals surface area contributed by atoms with Crippen molar-refractivity contribution in [1.29, 1.82) is 0 Å². The number of pyridine rings is 1. The Hall–Kier alpha value is -0.900. The number of alkyl halides is 1. The molecule has 0 saturated carbocycles. The van der Waals surface area contributed by atoms with E-state index in [0.29, 0.717) is 6.54 Å². The van der Waals surface area contributed by atoms with Gasteiger partial charge in [-0.05, 0) is 24.1 Å². The zero-order valence-corrected chi connectivity index (χ0v) is 9.27. The molecule has 0 bridgehead atoms. The van der Waals surface area contributed by atoms with Crippen LogP contribution in [-0.4, -0.2) is 27.2 Å². The molecule has 74 valence electrons. The van der Waals surface area contributed by atoms with E-state index in [1.807, 2.05) is 17.0 Å². The van der Waals surface area contributed by atoms with Crippen LogP contribution in [-0.2, 0) is 11.3 Å². The molecule has 0 aliphatic carbocycles. The van der Waals surface area contributed by atoms with Gasteiger partial charge in [-0.2, -0.15) is 0 Å². The van der Waals surface area contributed by atoms with Gasteiger partial charge in [0.05, 0.1) is 4.83 Å². The average molecular weight is 255 g/mol. The Labute approximate surface area is 91.3 Å². The van der Waals surface area contributed by atoms with Gasteiger partial charge in [-0.3, -0.25) is 9.78 Å². The molecule has 2 heterocycles. The molecule has 0 spiro atoms. The third-order valence-corrected chi connectivity index (χ3v) is 3.20. The van der Waals surface area contributed by atoms with E-state index in [4.69, 9.17) is 0 Å². The standard InChI is InChI=1S/C10H11BrN2O/c11-9-3-6-13(10(9)14)7-8-1-4-12-5-2-8/h1-2,4-5,9H,3,6-7H2. The van der Waals surface area contributed by atoms with Gasteiger partial charge in [0.25, 0.3) is 0 Å². The quantitative estimate of drug-likeness (QED) is 0.751. The number of hydrogen-bond acceptors (Lipinski definition) is 2. The first-order valence-corrected chi connectivity index (χ1v) is 5.50. The fourth-order valence-corrected chi connectivity index (χ4v) is 2.06. The molecule has 1 unspecified atom stereocenters. The third-order valence-electron chi connectivity index (χ3n) is 2.35. The third kappa shape index (κ3) is 1.95. The molecule has 1 aromatic rings. The second-order valence-electron chi connectivity index (χ2n) is 3.37. The highest BCUT2D eigenvalue weighted by molar-refractivity contribution is 9.10. The Balaban J connectivity index is 2.02. The van der Waals surface area contributed by atoms with Crippen LogP contribution in [0.4, 0.5) is 0 Å². The monoisotopic (exact) mass is 254 g/mol. The molecule has 3 nitrogen and oxygen atoms in total. The molecule has 0 aromatic carbocycles. The molecule has 1 amide bonds. The summed E-state index contributed by atoms with van der Waals surface area (Å²) in [6.45, 7) is 1.54. The van der Waals surface area contributed by atoms with Crippen LogP contribution in [0.2, 0.25) is 0 Å². The predicted molar refractivity (Wildman–Crippen MR) is 57.0 cm³/mol. The van der Waals surface area contributed by atoms with E-state index in [0.717, 1.165) is 18.5 Å². The first-order chi connectivity index (χ1) is 6.77. The zero-order chi connectivity index (χ0) is 9.97. The smallest absolute Gasteiger partial charge is 0.236 e. The second-order valence-corrected chi connectivity index (χ2v) is 4.48. The van der Waals surface area contributed by atoms with Crippen LogP contribution in [0.25, 0.3) is 0 Å². The van der Waals surface area contributed by atoms with Crippen LogP contribution >= 0.6 is 15.9 Å². The van der Waals surface area contributed by atoms with Crippen LogP contribution in [0.3, 0.4) is 0 Å². The molecule has 1 aromatic heterocycles. The van der Waals surface area contributed by atoms with Crippen molar-refractivity contribution >= 4 is 21.8 Å². The van der Waals surface area contributed by atoms with Crippen molar-refractivity contribution in [2.45, 2.75) is 17.8 Å². The number of hydrogen-bond donors (Lipinski definition) is 0. The van der Waals surface area contributed by atoms with Crippen molar-refractivity contribution in [1.82, 2.24) is 9.88 Å². The van der Waals surface area contributed by atoms with Gasteiger partial charge in [-0.25, -0.2) is 0 Å². The Morgan fingerprint density at radius 3 is 2.79 bits per heavy atom. The summed E-state index contributed by atoms with van der Waals surface area (Å²) in [6, 6.07) is 3.88. The van der Waals surface area contributed by atoms with E-state index in [1.165, 1.54) is 0 Å². The zero-order valence-electron chi connectivity index (χ0n) is 7.69. The summed E-state index contributed by atoms with van der Waals surface area (Å²) in [5.74, 6) is 0.196. The topological polar surface area (TPSA) is 33.2 Å². The second kappa shape index (κ2) is 4.09. The Bertz CT molecular complexity index is 328. The highest BCUT2D eigenvalue weighted by Crippen LogP contribution is 2.20. The predicted octanol–water partition coefficient (Wildman–Crippen LogP) is 1.58. The van der Waals surface area contributed by atoms with Gasteiger partial charge in [-0.15, -0.1) is 0 Å². The van der Waals surface area contributed by atoms with E-state index in [9.17, 15) is 4.79 Å². The summed E-state index contributed by atoms with van der Waals surface area (Å²) in [5, 5.41) is 0. The Kier molecular flexibility index (Phi) is 2.82.